The van der Waals surface area contributed by atoms with Gasteiger partial charge in [-0.1, -0.05) is 105 Å². The summed E-state index contributed by atoms with van der Waals surface area (Å²) in [5.74, 6) is 0. The van der Waals surface area contributed by atoms with Crippen LogP contribution >= 0.6 is 7.92 Å². The SMILES string of the molecule is CC(C)(C)C1([O-])C=CC=C(P(c2ccccc2)c2ccccc2)C1.[Na+]. The van der Waals surface area contributed by atoms with Gasteiger partial charge >= 0.3 is 29.6 Å². The number of hydrogen-bond donors (Lipinski definition) is 0. The van der Waals surface area contributed by atoms with Crippen LogP contribution in [-0.4, -0.2) is 5.60 Å². The van der Waals surface area contributed by atoms with Crippen molar-refractivity contribution in [1.82, 2.24) is 0 Å². The molecule has 25 heavy (non-hydrogen) atoms. The van der Waals surface area contributed by atoms with Gasteiger partial charge in [0.05, 0.1) is 0 Å². The second kappa shape index (κ2) is 8.33. The van der Waals surface area contributed by atoms with Gasteiger partial charge in [0.2, 0.25) is 0 Å². The molecule has 0 heterocycles. The number of hydrogen-bond acceptors (Lipinski definition) is 1. The van der Waals surface area contributed by atoms with Gasteiger partial charge in [-0.25, -0.2) is 0 Å². The van der Waals surface area contributed by atoms with Crippen LogP contribution in [-0.2, 0) is 0 Å². The van der Waals surface area contributed by atoms with Crippen LogP contribution in [0.5, 0.6) is 0 Å². The Morgan fingerprint density at radius 3 is 1.80 bits per heavy atom. The molecule has 2 aromatic rings. The zero-order valence-corrected chi connectivity index (χ0v) is 18.5. The average molecular weight is 358 g/mol. The zero-order chi connectivity index (χ0) is 17.2. The van der Waals surface area contributed by atoms with Crippen molar-refractivity contribution in [3.05, 3.63) is 84.2 Å². The first kappa shape index (κ1) is 20.6. The molecule has 0 spiro atoms. The van der Waals surface area contributed by atoms with Crippen LogP contribution in [0.3, 0.4) is 0 Å². The van der Waals surface area contributed by atoms with Crippen molar-refractivity contribution in [3.63, 3.8) is 0 Å². The first-order valence-electron chi connectivity index (χ1n) is 8.40. The Kier molecular flexibility index (Phi) is 6.87. The van der Waals surface area contributed by atoms with Gasteiger partial charge in [0.25, 0.3) is 0 Å². The largest absolute Gasteiger partial charge is 1.00 e. The van der Waals surface area contributed by atoms with E-state index in [0.29, 0.717) is 6.42 Å². The zero-order valence-electron chi connectivity index (χ0n) is 15.6. The second-order valence-corrected chi connectivity index (χ2v) is 9.62. The van der Waals surface area contributed by atoms with Gasteiger partial charge < -0.3 is 5.11 Å². The molecular weight excluding hydrogens is 334 g/mol. The summed E-state index contributed by atoms with van der Waals surface area (Å²) in [7, 11) is -0.665. The maximum absolute atomic E-state index is 13.4. The quantitative estimate of drug-likeness (QED) is 0.596. The average Bonchev–Trinajstić information content (AvgIpc) is 2.56. The summed E-state index contributed by atoms with van der Waals surface area (Å²) in [6.45, 7) is 6.13. The summed E-state index contributed by atoms with van der Waals surface area (Å²) < 4.78 is 0. The molecule has 0 saturated heterocycles. The van der Waals surface area contributed by atoms with Crippen molar-refractivity contribution >= 4 is 18.5 Å². The smallest absolute Gasteiger partial charge is 0.846 e. The molecule has 0 amide bonds. The van der Waals surface area contributed by atoms with Crippen molar-refractivity contribution in [3.8, 4) is 0 Å². The van der Waals surface area contributed by atoms with E-state index in [1.807, 2.05) is 45.1 Å². The molecular formula is C22H24NaOP. The number of allylic oxidation sites excluding steroid dienone is 2. The van der Waals surface area contributed by atoms with Crippen LogP contribution in [0.1, 0.15) is 27.2 Å². The first-order valence-corrected chi connectivity index (χ1v) is 9.74. The predicted molar refractivity (Wildman–Crippen MR) is 103 cm³/mol. The molecule has 3 rings (SSSR count). The molecule has 0 N–H and O–H groups in total. The standard InChI is InChI=1S/C22H24OP.Na/c1-21(2,3)22(23)16-10-15-20(17-22)24(18-11-6-4-7-12-18)19-13-8-5-9-14-19;/h4-16H,17H2,1-3H3;/q-1;+1. The van der Waals surface area contributed by atoms with E-state index in [1.165, 1.54) is 15.9 Å². The van der Waals surface area contributed by atoms with Gasteiger partial charge in [-0.2, -0.15) is 0 Å². The van der Waals surface area contributed by atoms with Crippen LogP contribution in [0.4, 0.5) is 0 Å². The van der Waals surface area contributed by atoms with Crippen LogP contribution in [0, 0.1) is 5.41 Å². The van der Waals surface area contributed by atoms with E-state index in [0.717, 1.165) is 0 Å². The first-order chi connectivity index (χ1) is 11.4. The van der Waals surface area contributed by atoms with Crippen molar-refractivity contribution in [2.24, 2.45) is 5.41 Å². The number of rotatable bonds is 3. The minimum atomic E-state index is -1.05. The molecule has 2 aromatic carbocycles. The van der Waals surface area contributed by atoms with Crippen LogP contribution in [0.25, 0.3) is 0 Å². The summed E-state index contributed by atoms with van der Waals surface area (Å²) in [5, 5.41) is 17.3. The van der Waals surface area contributed by atoms with Crippen molar-refractivity contribution in [1.29, 1.82) is 0 Å². The van der Waals surface area contributed by atoms with Crippen LogP contribution < -0.4 is 45.3 Å². The van der Waals surface area contributed by atoms with E-state index in [1.54, 1.807) is 0 Å². The molecule has 0 aromatic heterocycles. The Hall–Kier alpha value is -0.690. The summed E-state index contributed by atoms with van der Waals surface area (Å²) >= 11 is 0. The van der Waals surface area contributed by atoms with E-state index in [4.69, 9.17) is 0 Å². The molecule has 1 aliphatic carbocycles. The summed E-state index contributed by atoms with van der Waals surface area (Å²) in [5.41, 5.74) is -1.36. The fourth-order valence-corrected chi connectivity index (χ4v) is 5.54. The van der Waals surface area contributed by atoms with E-state index >= 15 is 0 Å². The minimum Gasteiger partial charge on any atom is -0.846 e. The Morgan fingerprint density at radius 1 is 0.880 bits per heavy atom. The third-order valence-corrected chi connectivity index (χ3v) is 7.19. The third kappa shape index (κ3) is 4.54. The summed E-state index contributed by atoms with van der Waals surface area (Å²) in [6.07, 6.45) is 6.55. The van der Waals surface area contributed by atoms with E-state index in [2.05, 4.69) is 54.6 Å². The minimum absolute atomic E-state index is 0. The monoisotopic (exact) mass is 358 g/mol. The van der Waals surface area contributed by atoms with Crippen molar-refractivity contribution < 1.29 is 34.7 Å². The maximum atomic E-state index is 13.4. The van der Waals surface area contributed by atoms with E-state index in [9.17, 15) is 5.11 Å². The molecule has 0 saturated carbocycles. The molecule has 1 unspecified atom stereocenters. The maximum Gasteiger partial charge on any atom is 1.00 e. The van der Waals surface area contributed by atoms with Crippen molar-refractivity contribution in [2.45, 2.75) is 32.8 Å². The topological polar surface area (TPSA) is 23.1 Å². The molecule has 3 heteroatoms. The Morgan fingerprint density at radius 2 is 1.36 bits per heavy atom. The Balaban J connectivity index is 0.00000225. The van der Waals surface area contributed by atoms with Gasteiger partial charge in [0.1, 0.15) is 0 Å². The molecule has 0 bridgehead atoms. The normalized spacial score (nSPS) is 20.1. The third-order valence-electron chi connectivity index (χ3n) is 4.68. The van der Waals surface area contributed by atoms with Gasteiger partial charge in [0.15, 0.2) is 0 Å². The van der Waals surface area contributed by atoms with Gasteiger partial charge in [-0.15, -0.1) is 0 Å². The van der Waals surface area contributed by atoms with E-state index in [-0.39, 0.29) is 35.0 Å². The van der Waals surface area contributed by atoms with Gasteiger partial charge in [-0.05, 0) is 35.7 Å². The molecule has 124 valence electrons. The van der Waals surface area contributed by atoms with Gasteiger partial charge in [0, 0.05) is 0 Å². The molecule has 0 radical (unpaired) electrons. The fraction of sp³-hybridized carbons (Fsp3) is 0.273. The Bertz CT molecular complexity index is 707. The van der Waals surface area contributed by atoms with Gasteiger partial charge in [-0.3, -0.25) is 0 Å². The van der Waals surface area contributed by atoms with Crippen LogP contribution in [0.15, 0.2) is 84.2 Å². The van der Waals surface area contributed by atoms with Crippen LogP contribution in [0.2, 0.25) is 0 Å². The van der Waals surface area contributed by atoms with E-state index < -0.39 is 13.5 Å². The second-order valence-electron chi connectivity index (χ2n) is 7.34. The Labute approximate surface area is 174 Å². The molecule has 1 aliphatic rings. The summed E-state index contributed by atoms with van der Waals surface area (Å²) in [4.78, 5) is 0. The molecule has 0 aliphatic heterocycles. The fourth-order valence-electron chi connectivity index (χ4n) is 3.01. The molecule has 1 atom stereocenters. The molecule has 0 fully saturated rings. The molecule has 1 nitrogen and oxygen atoms in total. The van der Waals surface area contributed by atoms with Crippen molar-refractivity contribution in [2.75, 3.05) is 0 Å². The number of benzene rings is 2. The predicted octanol–water partition coefficient (Wildman–Crippen LogP) is 1.11. The summed E-state index contributed by atoms with van der Waals surface area (Å²) in [6, 6.07) is 21.2.